The number of aromatic nitrogens is 4. The fraction of sp³-hybridized carbons (Fsp3) is 0.0909. The average molecular weight is 490 g/mol. The molecule has 0 radical (unpaired) electrons. The SMILES string of the molecule is COc1ccc(Nc2cc(-n3cnc(Nc4ccccc4)n3)c(F)cn2)cc1.O=C(O)C(F)(F)F. The van der Waals surface area contributed by atoms with E-state index in [4.69, 9.17) is 14.6 Å². The summed E-state index contributed by atoms with van der Waals surface area (Å²) >= 11 is 0. The largest absolute Gasteiger partial charge is 0.497 e. The minimum atomic E-state index is -5.08. The van der Waals surface area contributed by atoms with Gasteiger partial charge in [-0.2, -0.15) is 18.2 Å². The van der Waals surface area contributed by atoms with Gasteiger partial charge in [0.2, 0.25) is 5.95 Å². The van der Waals surface area contributed by atoms with E-state index in [0.717, 1.165) is 23.3 Å². The molecule has 2 aromatic carbocycles. The lowest BCUT2D eigenvalue weighted by molar-refractivity contribution is -0.192. The number of halogens is 4. The Labute approximate surface area is 196 Å². The molecule has 0 bridgehead atoms. The third-order valence-electron chi connectivity index (χ3n) is 4.21. The highest BCUT2D eigenvalue weighted by molar-refractivity contribution is 5.73. The quantitative estimate of drug-likeness (QED) is 0.326. The molecule has 4 rings (SSSR count). The number of methoxy groups -OCH3 is 1. The molecule has 0 spiro atoms. The van der Waals surface area contributed by atoms with E-state index >= 15 is 0 Å². The van der Waals surface area contributed by atoms with Crippen LogP contribution in [-0.2, 0) is 4.79 Å². The third-order valence-corrected chi connectivity index (χ3v) is 4.21. The van der Waals surface area contributed by atoms with Crippen LogP contribution in [0.3, 0.4) is 0 Å². The van der Waals surface area contributed by atoms with Crippen LogP contribution in [0, 0.1) is 5.82 Å². The van der Waals surface area contributed by atoms with E-state index in [2.05, 4.69) is 25.7 Å². The van der Waals surface area contributed by atoms with Crippen molar-refractivity contribution >= 4 is 29.1 Å². The first-order valence-electron chi connectivity index (χ1n) is 9.76. The zero-order chi connectivity index (χ0) is 25.4. The number of carboxylic acids is 1. The second-order valence-corrected chi connectivity index (χ2v) is 6.68. The van der Waals surface area contributed by atoms with Gasteiger partial charge in [0, 0.05) is 17.4 Å². The van der Waals surface area contributed by atoms with E-state index in [0.29, 0.717) is 11.8 Å². The first-order valence-corrected chi connectivity index (χ1v) is 9.76. The molecule has 0 amide bonds. The summed E-state index contributed by atoms with van der Waals surface area (Å²) in [5, 5.41) is 17.6. The van der Waals surface area contributed by atoms with Gasteiger partial charge in [-0.15, -0.1) is 5.10 Å². The smallest absolute Gasteiger partial charge is 0.490 e. The Hall–Kier alpha value is -4.68. The number of carbonyl (C=O) groups is 1. The van der Waals surface area contributed by atoms with Gasteiger partial charge < -0.3 is 20.5 Å². The minimum absolute atomic E-state index is 0.236. The Morgan fingerprint density at radius 3 is 2.23 bits per heavy atom. The average Bonchev–Trinajstić information content (AvgIpc) is 3.29. The van der Waals surface area contributed by atoms with Gasteiger partial charge in [0.25, 0.3) is 0 Å². The molecule has 0 unspecified atom stereocenters. The minimum Gasteiger partial charge on any atom is -0.497 e. The molecule has 4 aromatic rings. The molecule has 0 aliphatic rings. The molecule has 0 fully saturated rings. The van der Waals surface area contributed by atoms with Crippen LogP contribution in [-0.4, -0.2) is 44.1 Å². The van der Waals surface area contributed by atoms with Crippen molar-refractivity contribution in [1.82, 2.24) is 19.7 Å². The van der Waals surface area contributed by atoms with Gasteiger partial charge in [-0.3, -0.25) is 0 Å². The van der Waals surface area contributed by atoms with Crippen LogP contribution in [0.5, 0.6) is 5.75 Å². The Morgan fingerprint density at radius 2 is 1.63 bits per heavy atom. The molecular weight excluding hydrogens is 472 g/mol. The Kier molecular flexibility index (Phi) is 7.81. The Balaban J connectivity index is 0.000000429. The number of nitrogens with zero attached hydrogens (tertiary/aromatic N) is 4. The molecule has 2 aromatic heterocycles. The monoisotopic (exact) mass is 490 g/mol. The van der Waals surface area contributed by atoms with Crippen LogP contribution in [0.25, 0.3) is 5.69 Å². The van der Waals surface area contributed by atoms with E-state index in [9.17, 15) is 17.6 Å². The summed E-state index contributed by atoms with van der Waals surface area (Å²) in [4.78, 5) is 17.2. The van der Waals surface area contributed by atoms with Crippen LogP contribution < -0.4 is 15.4 Å². The summed E-state index contributed by atoms with van der Waals surface area (Å²) in [5.74, 6) is -1.66. The molecule has 2 heterocycles. The number of carboxylic acid groups (broad SMARTS) is 1. The molecule has 182 valence electrons. The predicted molar refractivity (Wildman–Crippen MR) is 119 cm³/mol. The van der Waals surface area contributed by atoms with Gasteiger partial charge in [0.05, 0.1) is 13.3 Å². The second kappa shape index (κ2) is 11.0. The summed E-state index contributed by atoms with van der Waals surface area (Å²) in [5.41, 5.74) is 1.88. The van der Waals surface area contributed by atoms with E-state index in [-0.39, 0.29) is 5.69 Å². The van der Waals surface area contributed by atoms with Crippen molar-refractivity contribution < 1.29 is 32.2 Å². The maximum Gasteiger partial charge on any atom is 0.490 e. The van der Waals surface area contributed by atoms with Crippen LogP contribution in [0.1, 0.15) is 0 Å². The molecule has 9 nitrogen and oxygen atoms in total. The van der Waals surface area contributed by atoms with Gasteiger partial charge in [-0.05, 0) is 36.4 Å². The van der Waals surface area contributed by atoms with E-state index in [1.54, 1.807) is 13.2 Å². The summed E-state index contributed by atoms with van der Waals surface area (Å²) < 4.78 is 52.6. The fourth-order valence-electron chi connectivity index (χ4n) is 2.58. The van der Waals surface area contributed by atoms with Crippen molar-refractivity contribution in [3.05, 3.63) is 79.0 Å². The van der Waals surface area contributed by atoms with E-state index < -0.39 is 18.0 Å². The molecular formula is C22H18F4N6O3. The number of anilines is 4. The summed E-state index contributed by atoms with van der Waals surface area (Å²) in [6.07, 6.45) is -2.49. The number of aliphatic carboxylic acids is 1. The summed E-state index contributed by atoms with van der Waals surface area (Å²) in [6.45, 7) is 0. The van der Waals surface area contributed by atoms with Crippen LogP contribution in [0.15, 0.2) is 73.2 Å². The standard InChI is InChI=1S/C20H17FN6O.C2HF3O2/c1-28-16-9-7-15(8-10-16)24-19-11-18(17(21)12-22-19)27-13-23-20(26-27)25-14-5-3-2-4-6-14;3-2(4,5)1(6)7/h2-13H,1H3,(H,22,24)(H,25,26);(H,6,7). The Bertz CT molecular complexity index is 1260. The molecule has 0 saturated heterocycles. The molecule has 0 aliphatic carbocycles. The van der Waals surface area contributed by atoms with Gasteiger partial charge in [0.1, 0.15) is 23.6 Å². The van der Waals surface area contributed by atoms with Crippen LogP contribution in [0.2, 0.25) is 0 Å². The second-order valence-electron chi connectivity index (χ2n) is 6.68. The van der Waals surface area contributed by atoms with Crippen molar-refractivity contribution in [3.8, 4) is 11.4 Å². The van der Waals surface area contributed by atoms with Crippen LogP contribution >= 0.6 is 0 Å². The number of para-hydroxylation sites is 1. The van der Waals surface area contributed by atoms with Crippen molar-refractivity contribution in [2.75, 3.05) is 17.7 Å². The first kappa shape index (κ1) is 25.0. The Morgan fingerprint density at radius 1 is 1.00 bits per heavy atom. The maximum atomic E-state index is 14.3. The molecule has 13 heteroatoms. The summed E-state index contributed by atoms with van der Waals surface area (Å²) in [7, 11) is 1.61. The van der Waals surface area contributed by atoms with Gasteiger partial charge >= 0.3 is 12.1 Å². The number of rotatable bonds is 6. The summed E-state index contributed by atoms with van der Waals surface area (Å²) in [6, 6.07) is 18.4. The maximum absolute atomic E-state index is 14.3. The van der Waals surface area contributed by atoms with Crippen molar-refractivity contribution in [1.29, 1.82) is 0 Å². The number of alkyl halides is 3. The highest BCUT2D eigenvalue weighted by Crippen LogP contribution is 2.22. The molecule has 3 N–H and O–H groups in total. The van der Waals surface area contributed by atoms with Gasteiger partial charge in [0.15, 0.2) is 5.82 Å². The zero-order valence-corrected chi connectivity index (χ0v) is 18.0. The topological polar surface area (TPSA) is 114 Å². The zero-order valence-electron chi connectivity index (χ0n) is 18.0. The molecule has 0 saturated carbocycles. The van der Waals surface area contributed by atoms with E-state index in [1.807, 2.05) is 54.6 Å². The van der Waals surface area contributed by atoms with Gasteiger partial charge in [-0.25, -0.2) is 18.9 Å². The van der Waals surface area contributed by atoms with Crippen molar-refractivity contribution in [2.45, 2.75) is 6.18 Å². The lowest BCUT2D eigenvalue weighted by Gasteiger charge is -2.09. The van der Waals surface area contributed by atoms with Gasteiger partial charge in [-0.1, -0.05) is 18.2 Å². The number of pyridine rings is 1. The predicted octanol–water partition coefficient (Wildman–Crippen LogP) is 4.93. The van der Waals surface area contributed by atoms with Crippen molar-refractivity contribution in [2.24, 2.45) is 0 Å². The van der Waals surface area contributed by atoms with E-state index in [1.165, 1.54) is 11.0 Å². The highest BCUT2D eigenvalue weighted by atomic mass is 19.4. The third kappa shape index (κ3) is 7.15. The molecule has 0 atom stereocenters. The normalized spacial score (nSPS) is 10.7. The van der Waals surface area contributed by atoms with Crippen LogP contribution in [0.4, 0.5) is 40.7 Å². The first-order chi connectivity index (χ1) is 16.7. The number of hydrogen-bond donors (Lipinski definition) is 3. The fourth-order valence-corrected chi connectivity index (χ4v) is 2.58. The number of ether oxygens (including phenoxy) is 1. The van der Waals surface area contributed by atoms with Crippen molar-refractivity contribution in [3.63, 3.8) is 0 Å². The number of nitrogens with one attached hydrogen (secondary N) is 2. The molecule has 35 heavy (non-hydrogen) atoms. The lowest BCUT2D eigenvalue weighted by Crippen LogP contribution is -2.21. The lowest BCUT2D eigenvalue weighted by atomic mass is 10.3. The number of benzene rings is 2. The highest BCUT2D eigenvalue weighted by Gasteiger charge is 2.38. The number of hydrogen-bond acceptors (Lipinski definition) is 7. The molecule has 0 aliphatic heterocycles.